The van der Waals surface area contributed by atoms with Crippen LogP contribution in [0, 0.1) is 23.2 Å². The Balaban J connectivity index is 1.89. The summed E-state index contributed by atoms with van der Waals surface area (Å²) in [6.07, 6.45) is 10.5. The summed E-state index contributed by atoms with van der Waals surface area (Å²) in [5, 5.41) is 9.26. The highest BCUT2D eigenvalue weighted by molar-refractivity contribution is 4.94. The van der Waals surface area contributed by atoms with Crippen molar-refractivity contribution in [1.29, 1.82) is 5.26 Å². The Morgan fingerprint density at radius 2 is 1.81 bits per heavy atom. The summed E-state index contributed by atoms with van der Waals surface area (Å²) in [6, 6.07) is 3.08. The van der Waals surface area contributed by atoms with Gasteiger partial charge in [-0.25, -0.2) is 0 Å². The highest BCUT2D eigenvalue weighted by atomic mass is 15.1. The minimum atomic E-state index is 0.285. The van der Waals surface area contributed by atoms with Crippen molar-refractivity contribution in [1.82, 2.24) is 4.90 Å². The maximum atomic E-state index is 9.26. The Morgan fingerprint density at radius 1 is 1.06 bits per heavy atom. The van der Waals surface area contributed by atoms with Gasteiger partial charge in [-0.3, -0.25) is 0 Å². The number of nitriles is 1. The fourth-order valence-corrected chi connectivity index (χ4v) is 3.18. The molecule has 0 spiro atoms. The Labute approximate surface area is 99.6 Å². The largest absolute Gasteiger partial charge is 0.302 e. The van der Waals surface area contributed by atoms with Crippen molar-refractivity contribution >= 4 is 0 Å². The Kier molecular flexibility index (Phi) is 4.23. The van der Waals surface area contributed by atoms with E-state index in [1.165, 1.54) is 51.5 Å². The summed E-state index contributed by atoms with van der Waals surface area (Å²) in [6.45, 7) is 1.23. The molecule has 90 valence electrons. The van der Waals surface area contributed by atoms with E-state index in [1.54, 1.807) is 0 Å². The predicted octanol–water partition coefficient (Wildman–Crippen LogP) is 3.19. The molecule has 0 aliphatic heterocycles. The molecule has 2 saturated carbocycles. The van der Waals surface area contributed by atoms with Crippen LogP contribution in [-0.4, -0.2) is 24.5 Å². The molecule has 2 rings (SSSR count). The number of rotatable bonds is 3. The number of hydrogen-bond donors (Lipinski definition) is 0. The van der Waals surface area contributed by atoms with Crippen LogP contribution in [0.5, 0.6) is 0 Å². The average molecular weight is 220 g/mol. The molecule has 16 heavy (non-hydrogen) atoms. The summed E-state index contributed by atoms with van der Waals surface area (Å²) in [5.74, 6) is 1.21. The van der Waals surface area contributed by atoms with Crippen LogP contribution in [0.25, 0.3) is 0 Å². The lowest BCUT2D eigenvalue weighted by atomic mass is 9.84. The lowest BCUT2D eigenvalue weighted by Gasteiger charge is -2.36. The predicted molar refractivity (Wildman–Crippen MR) is 65.9 cm³/mol. The van der Waals surface area contributed by atoms with E-state index in [0.717, 1.165) is 12.3 Å². The first-order chi connectivity index (χ1) is 7.81. The van der Waals surface area contributed by atoms with Gasteiger partial charge in [0.05, 0.1) is 12.0 Å². The molecule has 2 nitrogen and oxygen atoms in total. The average Bonchev–Trinajstić information content (AvgIpc) is 2.47. The quantitative estimate of drug-likeness (QED) is 0.683. The molecule has 0 N–H and O–H groups in total. The van der Waals surface area contributed by atoms with E-state index in [2.05, 4.69) is 18.0 Å². The van der Waals surface area contributed by atoms with Gasteiger partial charge in [-0.05, 0) is 38.6 Å². The van der Waals surface area contributed by atoms with Crippen LogP contribution in [0.4, 0.5) is 0 Å². The summed E-state index contributed by atoms with van der Waals surface area (Å²) in [4.78, 5) is 2.49. The van der Waals surface area contributed by atoms with Gasteiger partial charge in [-0.1, -0.05) is 25.7 Å². The summed E-state index contributed by atoms with van der Waals surface area (Å²) in [7, 11) is 2.23. The minimum absolute atomic E-state index is 0.285. The van der Waals surface area contributed by atoms with Crippen molar-refractivity contribution in [3.63, 3.8) is 0 Å². The van der Waals surface area contributed by atoms with Crippen LogP contribution < -0.4 is 0 Å². The van der Waals surface area contributed by atoms with E-state index in [-0.39, 0.29) is 5.92 Å². The molecule has 2 aliphatic rings. The lowest BCUT2D eigenvalue weighted by molar-refractivity contribution is 0.133. The summed E-state index contributed by atoms with van der Waals surface area (Å²) < 4.78 is 0. The molecule has 0 aromatic rings. The lowest BCUT2D eigenvalue weighted by Crippen LogP contribution is -2.41. The molecule has 0 amide bonds. The fourth-order valence-electron chi connectivity index (χ4n) is 3.18. The fraction of sp³-hybridized carbons (Fsp3) is 0.929. The van der Waals surface area contributed by atoms with Gasteiger partial charge in [-0.15, -0.1) is 0 Å². The van der Waals surface area contributed by atoms with E-state index in [4.69, 9.17) is 0 Å². The van der Waals surface area contributed by atoms with Crippen molar-refractivity contribution < 1.29 is 0 Å². The van der Waals surface area contributed by atoms with E-state index in [9.17, 15) is 5.26 Å². The molecule has 2 atom stereocenters. The van der Waals surface area contributed by atoms with E-state index >= 15 is 0 Å². The van der Waals surface area contributed by atoms with E-state index in [1.807, 2.05) is 0 Å². The van der Waals surface area contributed by atoms with Gasteiger partial charge in [0.25, 0.3) is 0 Å². The maximum absolute atomic E-state index is 9.26. The summed E-state index contributed by atoms with van der Waals surface area (Å²) in [5.41, 5.74) is 0. The molecule has 0 heterocycles. The first-order valence-electron chi connectivity index (χ1n) is 6.91. The molecule has 0 aromatic heterocycles. The van der Waals surface area contributed by atoms with Gasteiger partial charge in [-0.2, -0.15) is 5.26 Å². The molecular weight excluding hydrogens is 196 g/mol. The van der Waals surface area contributed by atoms with Gasteiger partial charge in [0.15, 0.2) is 0 Å². The van der Waals surface area contributed by atoms with Crippen molar-refractivity contribution in [3.05, 3.63) is 0 Å². The number of hydrogen-bond acceptors (Lipinski definition) is 2. The van der Waals surface area contributed by atoms with Gasteiger partial charge >= 0.3 is 0 Å². The van der Waals surface area contributed by atoms with Crippen LogP contribution in [-0.2, 0) is 0 Å². The molecule has 2 heteroatoms. The first-order valence-corrected chi connectivity index (χ1v) is 6.91. The number of nitrogens with zero attached hydrogens (tertiary/aromatic N) is 2. The van der Waals surface area contributed by atoms with Crippen molar-refractivity contribution in [2.24, 2.45) is 11.8 Å². The third kappa shape index (κ3) is 2.77. The molecule has 0 aromatic carbocycles. The zero-order valence-electron chi connectivity index (χ0n) is 10.5. The Bertz CT molecular complexity index is 252. The topological polar surface area (TPSA) is 27.0 Å². The van der Waals surface area contributed by atoms with Crippen LogP contribution in [0.2, 0.25) is 0 Å². The summed E-state index contributed by atoms with van der Waals surface area (Å²) >= 11 is 0. The molecular formula is C14H24N2. The molecule has 0 radical (unpaired) electrons. The van der Waals surface area contributed by atoms with E-state index < -0.39 is 0 Å². The SMILES string of the molecule is CN(CC1CCC1)C1CCCCCC1C#N. The molecule has 0 bridgehead atoms. The second-order valence-corrected chi connectivity index (χ2v) is 5.68. The first kappa shape index (κ1) is 11.9. The van der Waals surface area contributed by atoms with Crippen LogP contribution >= 0.6 is 0 Å². The highest BCUT2D eigenvalue weighted by Gasteiger charge is 2.29. The minimum Gasteiger partial charge on any atom is -0.302 e. The van der Waals surface area contributed by atoms with E-state index in [0.29, 0.717) is 6.04 Å². The van der Waals surface area contributed by atoms with Crippen LogP contribution in [0.15, 0.2) is 0 Å². The normalized spacial score (nSPS) is 31.8. The van der Waals surface area contributed by atoms with Crippen molar-refractivity contribution in [2.45, 2.75) is 57.4 Å². The van der Waals surface area contributed by atoms with Crippen molar-refractivity contribution in [3.8, 4) is 6.07 Å². The Hall–Kier alpha value is -0.550. The van der Waals surface area contributed by atoms with Gasteiger partial charge < -0.3 is 4.90 Å². The Morgan fingerprint density at radius 3 is 2.44 bits per heavy atom. The highest BCUT2D eigenvalue weighted by Crippen LogP contribution is 2.31. The zero-order chi connectivity index (χ0) is 11.4. The van der Waals surface area contributed by atoms with Gasteiger partial charge in [0.2, 0.25) is 0 Å². The van der Waals surface area contributed by atoms with Crippen LogP contribution in [0.3, 0.4) is 0 Å². The molecule has 2 aliphatic carbocycles. The molecule has 0 saturated heterocycles. The second kappa shape index (κ2) is 5.68. The maximum Gasteiger partial charge on any atom is 0.0672 e. The third-order valence-electron chi connectivity index (χ3n) is 4.48. The smallest absolute Gasteiger partial charge is 0.0672 e. The monoisotopic (exact) mass is 220 g/mol. The molecule has 2 unspecified atom stereocenters. The van der Waals surface area contributed by atoms with Crippen molar-refractivity contribution in [2.75, 3.05) is 13.6 Å². The van der Waals surface area contributed by atoms with Gasteiger partial charge in [0, 0.05) is 12.6 Å². The second-order valence-electron chi connectivity index (χ2n) is 5.68. The third-order valence-corrected chi connectivity index (χ3v) is 4.48. The van der Waals surface area contributed by atoms with Gasteiger partial charge in [0.1, 0.15) is 0 Å². The van der Waals surface area contributed by atoms with Crippen LogP contribution in [0.1, 0.15) is 51.4 Å². The standard InChI is InChI=1S/C14H24N2/c1-16(11-12-6-5-7-12)14-9-4-2-3-8-13(14)10-15/h12-14H,2-9,11H2,1H3. The molecule has 2 fully saturated rings. The zero-order valence-corrected chi connectivity index (χ0v) is 10.5.